The molecule has 1 atom stereocenters. The van der Waals surface area contributed by atoms with E-state index in [1.165, 1.54) is 16.2 Å². The average molecular weight is 403 g/mol. The van der Waals surface area contributed by atoms with Gasteiger partial charge in [0.1, 0.15) is 17.0 Å². The first-order chi connectivity index (χ1) is 13.1. The highest BCUT2D eigenvalue weighted by Gasteiger charge is 2.49. The predicted molar refractivity (Wildman–Crippen MR) is 109 cm³/mol. The van der Waals surface area contributed by atoms with Crippen LogP contribution in [0.2, 0.25) is 0 Å². The first-order valence-electron chi connectivity index (χ1n) is 9.19. The zero-order valence-electron chi connectivity index (χ0n) is 17.0. The Morgan fingerprint density at radius 3 is 2.39 bits per heavy atom. The molecule has 1 aromatic rings. The molecule has 0 spiro atoms. The molecular weight excluding hydrogens is 376 g/mol. The quantitative estimate of drug-likeness (QED) is 0.540. The van der Waals surface area contributed by atoms with Crippen LogP contribution in [-0.2, 0) is 14.9 Å². The summed E-state index contributed by atoms with van der Waals surface area (Å²) in [4.78, 5) is 28.3. The Kier molecular flexibility index (Phi) is 6.36. The Morgan fingerprint density at radius 2 is 1.93 bits per heavy atom. The molecule has 0 saturated carbocycles. The largest absolute Gasteiger partial charge is 0.438 e. The fourth-order valence-corrected chi connectivity index (χ4v) is 3.96. The van der Waals surface area contributed by atoms with E-state index < -0.39 is 17.7 Å². The Hall–Kier alpha value is -2.58. The number of carbonyl (C=O) groups excluding carboxylic acids is 2. The van der Waals surface area contributed by atoms with Crippen LogP contribution < -0.4 is 4.90 Å². The molecule has 2 amide bonds. The molecule has 1 saturated heterocycles. The number of terminal acetylenes is 2. The van der Waals surface area contributed by atoms with Crippen LogP contribution in [-0.4, -0.2) is 45.4 Å². The highest BCUT2D eigenvalue weighted by molar-refractivity contribution is 7.15. The molecule has 0 radical (unpaired) electrons. The van der Waals surface area contributed by atoms with E-state index in [1.54, 1.807) is 4.90 Å². The summed E-state index contributed by atoms with van der Waals surface area (Å²) in [5.74, 6) is 4.44. The fraction of sp³-hybridized carbons (Fsp3) is 0.600. The third kappa shape index (κ3) is 3.98. The summed E-state index contributed by atoms with van der Waals surface area (Å²) in [5.41, 5.74) is -0.983. The smallest absolute Gasteiger partial charge is 0.330 e. The van der Waals surface area contributed by atoms with Gasteiger partial charge in [-0.15, -0.1) is 23.0 Å². The SMILES string of the molecule is C#CCC(=O)OC1CN(C(C#C)(CC)CC)C(=O)N1c1nnc(C(C)(C)C)s1. The van der Waals surface area contributed by atoms with Gasteiger partial charge in [0.25, 0.3) is 0 Å². The Balaban J connectivity index is 2.45. The van der Waals surface area contributed by atoms with Crippen LogP contribution in [0.15, 0.2) is 0 Å². The topological polar surface area (TPSA) is 75.6 Å². The van der Waals surface area contributed by atoms with Crippen molar-refractivity contribution in [2.45, 2.75) is 71.1 Å². The standard InChI is InChI=1S/C20H26N4O3S/c1-8-12-15(25)27-14-13-23(20(9-2,10-3)11-4)18(26)24(14)17-22-21-16(28-17)19(5,6)7/h1-2,14H,10-13H2,3-7H3. The number of urea groups is 1. The molecule has 1 aliphatic rings. The van der Waals surface area contributed by atoms with Crippen LogP contribution in [0.4, 0.5) is 9.93 Å². The van der Waals surface area contributed by atoms with E-state index in [0.717, 1.165) is 5.01 Å². The van der Waals surface area contributed by atoms with Gasteiger partial charge in [0, 0.05) is 5.41 Å². The first kappa shape index (κ1) is 21.7. The van der Waals surface area contributed by atoms with Gasteiger partial charge < -0.3 is 9.64 Å². The molecule has 150 valence electrons. The van der Waals surface area contributed by atoms with Crippen molar-refractivity contribution in [2.24, 2.45) is 0 Å². The molecule has 0 bridgehead atoms. The maximum absolute atomic E-state index is 13.3. The maximum atomic E-state index is 13.3. The second kappa shape index (κ2) is 8.20. The molecule has 1 aromatic heterocycles. The predicted octanol–water partition coefficient (Wildman–Crippen LogP) is 3.16. The minimum Gasteiger partial charge on any atom is -0.438 e. The summed E-state index contributed by atoms with van der Waals surface area (Å²) in [5, 5.41) is 9.53. The highest BCUT2D eigenvalue weighted by Crippen LogP contribution is 2.37. The minimum absolute atomic E-state index is 0.144. The van der Waals surface area contributed by atoms with Crippen LogP contribution in [0.5, 0.6) is 0 Å². The Labute approximate surface area is 170 Å². The van der Waals surface area contributed by atoms with Crippen molar-refractivity contribution in [1.29, 1.82) is 0 Å². The van der Waals surface area contributed by atoms with E-state index in [2.05, 4.69) is 22.0 Å². The van der Waals surface area contributed by atoms with Crippen LogP contribution >= 0.6 is 11.3 Å². The van der Waals surface area contributed by atoms with Crippen molar-refractivity contribution in [2.75, 3.05) is 11.4 Å². The molecule has 0 aromatic carbocycles. The zero-order valence-corrected chi connectivity index (χ0v) is 17.8. The molecular formula is C20H26N4O3S. The Morgan fingerprint density at radius 1 is 1.29 bits per heavy atom. The van der Waals surface area contributed by atoms with Gasteiger partial charge in [0.15, 0.2) is 0 Å². The van der Waals surface area contributed by atoms with E-state index in [9.17, 15) is 9.59 Å². The van der Waals surface area contributed by atoms with Crippen LogP contribution in [0.3, 0.4) is 0 Å². The molecule has 1 fully saturated rings. The third-order valence-corrected chi connectivity index (χ3v) is 6.14. The van der Waals surface area contributed by atoms with Crippen LogP contribution in [0.25, 0.3) is 0 Å². The van der Waals surface area contributed by atoms with Gasteiger partial charge in [-0.3, -0.25) is 4.79 Å². The van der Waals surface area contributed by atoms with Gasteiger partial charge in [-0.25, -0.2) is 9.69 Å². The molecule has 7 nitrogen and oxygen atoms in total. The number of hydrogen-bond acceptors (Lipinski definition) is 6. The lowest BCUT2D eigenvalue weighted by Gasteiger charge is -2.35. The number of amides is 2. The second-order valence-corrected chi connectivity index (χ2v) is 8.57. The summed E-state index contributed by atoms with van der Waals surface area (Å²) in [6, 6.07) is -0.350. The van der Waals surface area contributed by atoms with Crippen molar-refractivity contribution >= 4 is 28.5 Å². The van der Waals surface area contributed by atoms with Gasteiger partial charge >= 0.3 is 12.0 Å². The first-order valence-corrected chi connectivity index (χ1v) is 10.0. The number of rotatable bonds is 6. The molecule has 1 aliphatic heterocycles. The van der Waals surface area contributed by atoms with Gasteiger partial charge in [0.2, 0.25) is 11.4 Å². The summed E-state index contributed by atoms with van der Waals surface area (Å²) in [6.07, 6.45) is 11.1. The lowest BCUT2D eigenvalue weighted by atomic mass is 9.92. The highest BCUT2D eigenvalue weighted by atomic mass is 32.1. The van der Waals surface area contributed by atoms with E-state index in [0.29, 0.717) is 18.0 Å². The summed E-state index contributed by atoms with van der Waals surface area (Å²) >= 11 is 1.29. The zero-order chi connectivity index (χ0) is 21.1. The van der Waals surface area contributed by atoms with Gasteiger partial charge in [-0.1, -0.05) is 57.8 Å². The van der Waals surface area contributed by atoms with Crippen molar-refractivity contribution < 1.29 is 14.3 Å². The summed E-state index contributed by atoms with van der Waals surface area (Å²) < 4.78 is 5.50. The maximum Gasteiger partial charge on any atom is 0.330 e. The number of hydrogen-bond donors (Lipinski definition) is 0. The van der Waals surface area contributed by atoms with E-state index in [4.69, 9.17) is 17.6 Å². The summed E-state index contributed by atoms with van der Waals surface area (Å²) in [6.45, 7) is 10.0. The van der Waals surface area contributed by atoms with Crippen molar-refractivity contribution in [3.63, 3.8) is 0 Å². The van der Waals surface area contributed by atoms with Crippen LogP contribution in [0, 0.1) is 24.7 Å². The monoisotopic (exact) mass is 402 g/mol. The van der Waals surface area contributed by atoms with Crippen molar-refractivity contribution in [3.05, 3.63) is 5.01 Å². The van der Waals surface area contributed by atoms with E-state index in [-0.39, 0.29) is 24.4 Å². The minimum atomic E-state index is -0.861. The number of anilines is 1. The number of nitrogens with zero attached hydrogens (tertiary/aromatic N) is 4. The van der Waals surface area contributed by atoms with E-state index in [1.807, 2.05) is 34.6 Å². The Bertz CT molecular complexity index is 824. The molecule has 2 heterocycles. The lowest BCUT2D eigenvalue weighted by molar-refractivity contribution is -0.147. The molecule has 0 N–H and O–H groups in total. The lowest BCUT2D eigenvalue weighted by Crippen LogP contribution is -2.49. The summed E-state index contributed by atoms with van der Waals surface area (Å²) in [7, 11) is 0. The molecule has 0 aliphatic carbocycles. The van der Waals surface area contributed by atoms with Gasteiger partial charge in [-0.2, -0.15) is 0 Å². The van der Waals surface area contributed by atoms with Crippen LogP contribution in [0.1, 0.15) is 58.9 Å². The fourth-order valence-electron chi connectivity index (χ4n) is 3.03. The number of esters is 1. The molecule has 2 rings (SSSR count). The number of ether oxygens (including phenoxy) is 1. The molecule has 28 heavy (non-hydrogen) atoms. The van der Waals surface area contributed by atoms with Crippen molar-refractivity contribution in [3.8, 4) is 24.7 Å². The average Bonchev–Trinajstić information content (AvgIpc) is 3.23. The number of aromatic nitrogens is 2. The molecule has 1 unspecified atom stereocenters. The normalized spacial score (nSPS) is 17.4. The second-order valence-electron chi connectivity index (χ2n) is 7.61. The van der Waals surface area contributed by atoms with Crippen molar-refractivity contribution in [1.82, 2.24) is 15.1 Å². The van der Waals surface area contributed by atoms with Gasteiger partial charge in [-0.05, 0) is 12.8 Å². The van der Waals surface area contributed by atoms with E-state index >= 15 is 0 Å². The molecule has 8 heteroatoms. The van der Waals surface area contributed by atoms with Gasteiger partial charge in [0.05, 0.1) is 6.54 Å². The third-order valence-electron chi connectivity index (χ3n) is 4.79. The number of carbonyl (C=O) groups is 2.